The fourth-order valence-electron chi connectivity index (χ4n) is 7.25. The standard InChI is InChI=1S/C24H31F3N2O3S/c25-24(26,27)19-4-3-6-21(11-19)33(31,32)29-7-2-1-5-20(29)15-28-22(30)23-12-16-8-17(13-23)10-18(9-16)14-23/h3-4,6,11,16-18,20H,1-2,5,7-10,12-15H2,(H,28,30). The van der Waals surface area contributed by atoms with Crippen molar-refractivity contribution in [3.05, 3.63) is 29.8 Å². The predicted molar refractivity (Wildman–Crippen MR) is 117 cm³/mol. The molecule has 0 radical (unpaired) electrons. The van der Waals surface area contributed by atoms with E-state index in [2.05, 4.69) is 5.32 Å². The van der Waals surface area contributed by atoms with Crippen LogP contribution in [0.3, 0.4) is 0 Å². The summed E-state index contributed by atoms with van der Waals surface area (Å²) in [5.74, 6) is 1.95. The molecule has 1 aliphatic heterocycles. The van der Waals surface area contributed by atoms with Gasteiger partial charge in [-0.3, -0.25) is 4.79 Å². The van der Waals surface area contributed by atoms with Crippen LogP contribution in [0.2, 0.25) is 0 Å². The number of benzene rings is 1. The van der Waals surface area contributed by atoms with Gasteiger partial charge >= 0.3 is 6.18 Å². The van der Waals surface area contributed by atoms with Crippen molar-refractivity contribution in [2.75, 3.05) is 13.1 Å². The highest BCUT2D eigenvalue weighted by molar-refractivity contribution is 7.89. The largest absolute Gasteiger partial charge is 0.416 e. The number of carbonyl (C=O) groups is 1. The molecular weight excluding hydrogens is 453 g/mol. The highest BCUT2D eigenvalue weighted by Crippen LogP contribution is 2.60. The van der Waals surface area contributed by atoms with Crippen molar-refractivity contribution in [1.29, 1.82) is 0 Å². The molecule has 182 valence electrons. The number of carbonyl (C=O) groups excluding carboxylic acids is 1. The number of rotatable bonds is 5. The van der Waals surface area contributed by atoms with Gasteiger partial charge < -0.3 is 5.32 Å². The number of nitrogens with one attached hydrogen (secondary N) is 1. The SMILES string of the molecule is O=C(NCC1CCCCN1S(=O)(=O)c1cccc(C(F)(F)F)c1)C12CC3CC(CC(C3)C1)C2. The summed E-state index contributed by atoms with van der Waals surface area (Å²) in [6.07, 6.45) is 3.95. The minimum Gasteiger partial charge on any atom is -0.354 e. The first-order valence-electron chi connectivity index (χ1n) is 12.0. The van der Waals surface area contributed by atoms with E-state index >= 15 is 0 Å². The Morgan fingerprint density at radius 3 is 2.30 bits per heavy atom. The number of sulfonamides is 1. The fraction of sp³-hybridized carbons (Fsp3) is 0.708. The number of hydrogen-bond acceptors (Lipinski definition) is 3. The van der Waals surface area contributed by atoms with Crippen molar-refractivity contribution in [1.82, 2.24) is 9.62 Å². The molecule has 1 saturated heterocycles. The maximum Gasteiger partial charge on any atom is 0.416 e. The van der Waals surface area contributed by atoms with Crippen molar-refractivity contribution >= 4 is 15.9 Å². The molecule has 5 fully saturated rings. The summed E-state index contributed by atoms with van der Waals surface area (Å²) in [6, 6.07) is 3.47. The molecule has 6 rings (SSSR count). The van der Waals surface area contributed by atoms with Crippen LogP contribution in [0.5, 0.6) is 0 Å². The third kappa shape index (κ3) is 4.31. The Labute approximate surface area is 193 Å². The molecule has 4 saturated carbocycles. The minimum atomic E-state index is -4.61. The third-order valence-electron chi connectivity index (χ3n) is 8.36. The summed E-state index contributed by atoms with van der Waals surface area (Å²) in [5.41, 5.74) is -1.29. The summed E-state index contributed by atoms with van der Waals surface area (Å²) < 4.78 is 67.3. The van der Waals surface area contributed by atoms with Crippen LogP contribution in [0.15, 0.2) is 29.2 Å². The predicted octanol–water partition coefficient (Wildman–Crippen LogP) is 4.58. The number of amides is 1. The molecule has 1 aromatic carbocycles. The summed E-state index contributed by atoms with van der Waals surface area (Å²) in [4.78, 5) is 13.0. The Morgan fingerprint density at radius 1 is 1.06 bits per heavy atom. The van der Waals surface area contributed by atoms with Gasteiger partial charge in [-0.05, 0) is 87.3 Å². The summed E-state index contributed by atoms with van der Waals surface area (Å²) in [6.45, 7) is 0.454. The highest BCUT2D eigenvalue weighted by atomic mass is 32.2. The van der Waals surface area contributed by atoms with E-state index in [4.69, 9.17) is 0 Å². The van der Waals surface area contributed by atoms with E-state index in [0.29, 0.717) is 36.7 Å². The molecule has 4 bridgehead atoms. The van der Waals surface area contributed by atoms with Crippen LogP contribution < -0.4 is 5.32 Å². The van der Waals surface area contributed by atoms with Crippen molar-refractivity contribution in [3.63, 3.8) is 0 Å². The van der Waals surface area contributed by atoms with E-state index in [-0.39, 0.29) is 29.3 Å². The molecule has 1 atom stereocenters. The molecule has 1 unspecified atom stereocenters. The van der Waals surface area contributed by atoms with Crippen LogP contribution in [-0.4, -0.2) is 37.8 Å². The molecule has 1 heterocycles. The minimum absolute atomic E-state index is 0.0450. The molecule has 1 aromatic rings. The second-order valence-corrected chi connectivity index (χ2v) is 12.6. The van der Waals surface area contributed by atoms with Crippen LogP contribution in [0.4, 0.5) is 13.2 Å². The van der Waals surface area contributed by atoms with Crippen molar-refractivity contribution in [2.45, 2.75) is 74.9 Å². The average molecular weight is 485 g/mol. The zero-order chi connectivity index (χ0) is 23.4. The van der Waals surface area contributed by atoms with Crippen molar-refractivity contribution in [2.24, 2.45) is 23.2 Å². The number of nitrogens with zero attached hydrogens (tertiary/aromatic N) is 1. The van der Waals surface area contributed by atoms with E-state index in [1.165, 1.54) is 29.6 Å². The maximum absolute atomic E-state index is 13.3. The summed E-state index contributed by atoms with van der Waals surface area (Å²) in [7, 11) is -4.10. The van der Waals surface area contributed by atoms with Crippen LogP contribution in [0, 0.1) is 23.2 Å². The molecule has 1 N–H and O–H groups in total. The van der Waals surface area contributed by atoms with Crippen LogP contribution in [0.25, 0.3) is 0 Å². The lowest BCUT2D eigenvalue weighted by Crippen LogP contribution is -2.56. The van der Waals surface area contributed by atoms with E-state index in [9.17, 15) is 26.4 Å². The molecule has 0 aromatic heterocycles. The van der Waals surface area contributed by atoms with Gasteiger partial charge in [-0.1, -0.05) is 12.5 Å². The van der Waals surface area contributed by atoms with Crippen LogP contribution in [0.1, 0.15) is 63.4 Å². The molecule has 4 aliphatic carbocycles. The molecule has 5 nitrogen and oxygen atoms in total. The number of hydrogen-bond donors (Lipinski definition) is 1. The number of piperidine rings is 1. The molecule has 5 aliphatic rings. The van der Waals surface area contributed by atoms with Crippen LogP contribution >= 0.6 is 0 Å². The van der Waals surface area contributed by atoms with Gasteiger partial charge in [0.1, 0.15) is 0 Å². The van der Waals surface area contributed by atoms with Gasteiger partial charge in [-0.2, -0.15) is 17.5 Å². The lowest BCUT2D eigenvalue weighted by atomic mass is 9.49. The first kappa shape index (κ1) is 23.1. The van der Waals surface area contributed by atoms with Gasteiger partial charge in [0.15, 0.2) is 0 Å². The zero-order valence-corrected chi connectivity index (χ0v) is 19.4. The van der Waals surface area contributed by atoms with Crippen LogP contribution in [-0.2, 0) is 21.0 Å². The quantitative estimate of drug-likeness (QED) is 0.665. The highest BCUT2D eigenvalue weighted by Gasteiger charge is 2.54. The van der Waals surface area contributed by atoms with Gasteiger partial charge in [0.25, 0.3) is 0 Å². The monoisotopic (exact) mass is 484 g/mol. The molecule has 9 heteroatoms. The maximum atomic E-state index is 13.3. The normalized spacial score (nSPS) is 34.4. The Bertz CT molecular complexity index is 989. The van der Waals surface area contributed by atoms with E-state index in [1.807, 2.05) is 0 Å². The lowest BCUT2D eigenvalue weighted by Gasteiger charge is -2.55. The summed E-state index contributed by atoms with van der Waals surface area (Å²) >= 11 is 0. The fourth-order valence-corrected chi connectivity index (χ4v) is 8.99. The Balaban J connectivity index is 1.31. The second-order valence-electron chi connectivity index (χ2n) is 10.7. The van der Waals surface area contributed by atoms with Gasteiger partial charge in [0.05, 0.1) is 10.5 Å². The zero-order valence-electron chi connectivity index (χ0n) is 18.6. The summed E-state index contributed by atoms with van der Waals surface area (Å²) in [5, 5.41) is 3.07. The Morgan fingerprint density at radius 2 is 1.70 bits per heavy atom. The van der Waals surface area contributed by atoms with Gasteiger partial charge in [0.2, 0.25) is 15.9 Å². The van der Waals surface area contributed by atoms with Gasteiger partial charge in [-0.15, -0.1) is 0 Å². The van der Waals surface area contributed by atoms with E-state index in [1.54, 1.807) is 0 Å². The van der Waals surface area contributed by atoms with Crippen molar-refractivity contribution in [3.8, 4) is 0 Å². The Hall–Kier alpha value is -1.61. The average Bonchev–Trinajstić information content (AvgIpc) is 2.76. The van der Waals surface area contributed by atoms with Crippen molar-refractivity contribution < 1.29 is 26.4 Å². The second kappa shape index (κ2) is 8.26. The molecule has 33 heavy (non-hydrogen) atoms. The molecule has 1 amide bonds. The number of alkyl halides is 3. The topological polar surface area (TPSA) is 66.5 Å². The smallest absolute Gasteiger partial charge is 0.354 e. The lowest BCUT2D eigenvalue weighted by molar-refractivity contribution is -0.146. The Kier molecular flexibility index (Phi) is 5.79. The van der Waals surface area contributed by atoms with E-state index < -0.39 is 27.8 Å². The molecular formula is C24H31F3N2O3S. The first-order chi connectivity index (χ1) is 15.6. The van der Waals surface area contributed by atoms with Gasteiger partial charge in [-0.25, -0.2) is 8.42 Å². The van der Waals surface area contributed by atoms with Gasteiger partial charge in [0, 0.05) is 24.5 Å². The third-order valence-corrected chi connectivity index (χ3v) is 10.3. The van der Waals surface area contributed by atoms with E-state index in [0.717, 1.165) is 37.8 Å². The first-order valence-corrected chi connectivity index (χ1v) is 13.5. The molecule has 0 spiro atoms. The number of halogens is 3.